The number of aliphatic hydroxyl groups is 3. The molecule has 0 aromatic heterocycles. The number of hydrogen-bond donors (Lipinski definition) is 4. The van der Waals surface area contributed by atoms with Crippen molar-refractivity contribution >= 4 is 23.5 Å². The van der Waals surface area contributed by atoms with E-state index in [9.17, 15) is 35.0 Å². The Kier molecular flexibility index (Phi) is 15.0. The standard InChI is InChI=1S/C27H37ClN2O10/c28-19-7-5-8-21(15-19)39-18-20(31)11-12-23-22(24(32)16-25(23)33)9-3-1-2-4-10-26(34)29-17-27(35)38-13-6-14-40-30(36)37/h1,3,5,7-8,11-12,15,20,22-25,31-33H,2,4,6,9-10,13-14,16-18H2,(H,29,34)/b3-1-,12-11+/t20-,22-,23-,24+,25-/m1/s1. The van der Waals surface area contributed by atoms with Crippen LogP contribution in [0.1, 0.15) is 38.5 Å². The first-order valence-electron chi connectivity index (χ1n) is 13.1. The molecule has 0 saturated heterocycles. The molecule has 1 aromatic carbocycles. The van der Waals surface area contributed by atoms with Crippen LogP contribution in [-0.4, -0.2) is 77.0 Å². The first-order chi connectivity index (χ1) is 19.2. The number of nitrogens with zero attached hydrogens (tertiary/aromatic N) is 1. The van der Waals surface area contributed by atoms with E-state index in [4.69, 9.17) is 21.1 Å². The van der Waals surface area contributed by atoms with Crippen LogP contribution in [0.2, 0.25) is 5.02 Å². The largest absolute Gasteiger partial charge is 0.491 e. The van der Waals surface area contributed by atoms with Gasteiger partial charge in [0, 0.05) is 30.2 Å². The zero-order valence-corrected chi connectivity index (χ0v) is 22.9. The number of carbonyl (C=O) groups excluding carboxylic acids is 2. The molecule has 0 spiro atoms. The number of unbranched alkanes of at least 4 members (excludes halogenated alkanes) is 1. The molecule has 12 nitrogen and oxygen atoms in total. The van der Waals surface area contributed by atoms with Gasteiger partial charge in [0.2, 0.25) is 5.91 Å². The first kappa shape index (κ1) is 33.0. The Balaban J connectivity index is 1.64. The number of rotatable bonds is 18. The van der Waals surface area contributed by atoms with Gasteiger partial charge >= 0.3 is 5.97 Å². The maximum Gasteiger partial charge on any atom is 0.325 e. The maximum absolute atomic E-state index is 11.9. The number of aliphatic hydroxyl groups excluding tert-OH is 3. The summed E-state index contributed by atoms with van der Waals surface area (Å²) >= 11 is 5.92. The summed E-state index contributed by atoms with van der Waals surface area (Å²) in [7, 11) is 0. The second-order valence-electron chi connectivity index (χ2n) is 9.34. The van der Waals surface area contributed by atoms with Crippen LogP contribution in [0.5, 0.6) is 5.75 Å². The number of esters is 1. The fourth-order valence-corrected chi connectivity index (χ4v) is 4.38. The average Bonchev–Trinajstić information content (AvgIpc) is 3.18. The Bertz CT molecular complexity index is 1010. The van der Waals surface area contributed by atoms with Crippen molar-refractivity contribution in [2.75, 3.05) is 26.4 Å². The zero-order chi connectivity index (χ0) is 29.3. The minimum atomic E-state index is -0.927. The molecule has 0 radical (unpaired) electrons. The second-order valence-corrected chi connectivity index (χ2v) is 9.78. The molecule has 1 aliphatic rings. The lowest BCUT2D eigenvalue weighted by Gasteiger charge is -2.19. The Morgan fingerprint density at radius 3 is 2.75 bits per heavy atom. The van der Waals surface area contributed by atoms with Gasteiger partial charge in [-0.2, -0.15) is 0 Å². The number of halogens is 1. The fourth-order valence-electron chi connectivity index (χ4n) is 4.20. The Hall–Kier alpha value is -3.19. The van der Waals surface area contributed by atoms with Gasteiger partial charge in [-0.25, -0.2) is 0 Å². The minimum Gasteiger partial charge on any atom is -0.491 e. The molecule has 0 bridgehead atoms. The van der Waals surface area contributed by atoms with E-state index < -0.39 is 29.4 Å². The molecule has 2 rings (SSSR count). The maximum atomic E-state index is 11.9. The van der Waals surface area contributed by atoms with Crippen LogP contribution < -0.4 is 10.1 Å². The van der Waals surface area contributed by atoms with Gasteiger partial charge < -0.3 is 34.9 Å². The molecule has 1 aromatic rings. The molecular formula is C27H37ClN2O10. The number of carbonyl (C=O) groups is 2. The van der Waals surface area contributed by atoms with Gasteiger partial charge in [0.25, 0.3) is 5.09 Å². The van der Waals surface area contributed by atoms with Gasteiger partial charge in [-0.05, 0) is 43.4 Å². The zero-order valence-electron chi connectivity index (χ0n) is 22.1. The van der Waals surface area contributed by atoms with E-state index in [-0.39, 0.29) is 63.4 Å². The molecule has 0 heterocycles. The third-order valence-corrected chi connectivity index (χ3v) is 6.45. The number of amides is 1. The van der Waals surface area contributed by atoms with Crippen molar-refractivity contribution < 1.29 is 44.3 Å². The van der Waals surface area contributed by atoms with Crippen LogP contribution in [0.3, 0.4) is 0 Å². The number of allylic oxidation sites excluding steroid dienone is 2. The van der Waals surface area contributed by atoms with Crippen LogP contribution in [0.25, 0.3) is 0 Å². The lowest BCUT2D eigenvalue weighted by Crippen LogP contribution is -2.30. The Morgan fingerprint density at radius 2 is 2.00 bits per heavy atom. The van der Waals surface area contributed by atoms with Crippen molar-refractivity contribution in [1.82, 2.24) is 5.32 Å². The molecule has 1 fully saturated rings. The lowest BCUT2D eigenvalue weighted by molar-refractivity contribution is -0.757. The van der Waals surface area contributed by atoms with E-state index in [0.717, 1.165) is 0 Å². The summed E-state index contributed by atoms with van der Waals surface area (Å²) in [6, 6.07) is 6.84. The summed E-state index contributed by atoms with van der Waals surface area (Å²) in [5.74, 6) is -0.957. The van der Waals surface area contributed by atoms with Crippen molar-refractivity contribution in [3.8, 4) is 5.75 Å². The van der Waals surface area contributed by atoms with Crippen molar-refractivity contribution in [2.45, 2.75) is 56.8 Å². The summed E-state index contributed by atoms with van der Waals surface area (Å²) in [5, 5.41) is 43.1. The molecule has 1 aliphatic carbocycles. The molecule has 40 heavy (non-hydrogen) atoms. The van der Waals surface area contributed by atoms with Gasteiger partial charge in [0.1, 0.15) is 25.0 Å². The number of hydrogen-bond acceptors (Lipinski definition) is 10. The fraction of sp³-hybridized carbons (Fsp3) is 0.556. The predicted molar refractivity (Wildman–Crippen MR) is 145 cm³/mol. The van der Waals surface area contributed by atoms with E-state index in [1.54, 1.807) is 36.4 Å². The number of nitrogens with one attached hydrogen (secondary N) is 1. The quantitative estimate of drug-likeness (QED) is 0.0658. The molecule has 5 atom stereocenters. The minimum absolute atomic E-state index is 0.0168. The summed E-state index contributed by atoms with van der Waals surface area (Å²) in [5.41, 5.74) is 0. The van der Waals surface area contributed by atoms with E-state index in [2.05, 4.69) is 10.2 Å². The van der Waals surface area contributed by atoms with Gasteiger partial charge in [-0.3, -0.25) is 9.59 Å². The van der Waals surface area contributed by atoms with Crippen LogP contribution in [0.15, 0.2) is 48.6 Å². The van der Waals surface area contributed by atoms with Crippen LogP contribution in [0, 0.1) is 22.0 Å². The van der Waals surface area contributed by atoms with Crippen LogP contribution in [-0.2, 0) is 19.2 Å². The molecule has 4 N–H and O–H groups in total. The van der Waals surface area contributed by atoms with E-state index >= 15 is 0 Å². The van der Waals surface area contributed by atoms with Gasteiger partial charge in [0.05, 0.1) is 25.4 Å². The highest BCUT2D eigenvalue weighted by atomic mass is 35.5. The molecule has 13 heteroatoms. The van der Waals surface area contributed by atoms with Gasteiger partial charge in [-0.1, -0.05) is 42.0 Å². The van der Waals surface area contributed by atoms with Crippen molar-refractivity contribution in [3.63, 3.8) is 0 Å². The molecule has 0 aliphatic heterocycles. The van der Waals surface area contributed by atoms with E-state index in [1.807, 2.05) is 12.2 Å². The molecular weight excluding hydrogens is 548 g/mol. The molecule has 0 unspecified atom stereocenters. The first-order valence-corrected chi connectivity index (χ1v) is 13.5. The summed E-state index contributed by atoms with van der Waals surface area (Å²) in [6.07, 6.45) is 7.09. The lowest BCUT2D eigenvalue weighted by atomic mass is 9.89. The molecule has 1 amide bonds. The SMILES string of the molecule is O=C(CCC/C=C\C[C@@H]1[C@@H](/C=C/[C@@H](O)COc2cccc(Cl)c2)[C@H](O)C[C@@H]1O)NCC(=O)OCCCO[N+](=O)[O-]. The Morgan fingerprint density at radius 1 is 1.20 bits per heavy atom. The third kappa shape index (κ3) is 13.2. The van der Waals surface area contributed by atoms with Crippen LogP contribution >= 0.6 is 11.6 Å². The normalized spacial score (nSPS) is 21.4. The second kappa shape index (κ2) is 18.2. The molecule has 222 valence electrons. The Labute approximate surface area is 237 Å². The monoisotopic (exact) mass is 584 g/mol. The highest BCUT2D eigenvalue weighted by Gasteiger charge is 2.39. The van der Waals surface area contributed by atoms with E-state index in [1.165, 1.54) is 0 Å². The summed E-state index contributed by atoms with van der Waals surface area (Å²) < 4.78 is 10.4. The van der Waals surface area contributed by atoms with Crippen molar-refractivity contribution in [2.24, 2.45) is 11.8 Å². The predicted octanol–water partition coefficient (Wildman–Crippen LogP) is 2.37. The topological polar surface area (TPSA) is 178 Å². The number of benzene rings is 1. The van der Waals surface area contributed by atoms with Crippen molar-refractivity contribution in [3.05, 3.63) is 63.7 Å². The average molecular weight is 585 g/mol. The molecule has 1 saturated carbocycles. The summed E-state index contributed by atoms with van der Waals surface area (Å²) in [4.78, 5) is 37.6. The number of ether oxygens (including phenoxy) is 2. The third-order valence-electron chi connectivity index (χ3n) is 6.22. The highest BCUT2D eigenvalue weighted by Crippen LogP contribution is 2.36. The van der Waals surface area contributed by atoms with Crippen molar-refractivity contribution in [1.29, 1.82) is 0 Å². The smallest absolute Gasteiger partial charge is 0.325 e. The van der Waals surface area contributed by atoms with E-state index in [0.29, 0.717) is 30.0 Å². The van der Waals surface area contributed by atoms with Gasteiger partial charge in [0.15, 0.2) is 0 Å². The van der Waals surface area contributed by atoms with Gasteiger partial charge in [-0.15, -0.1) is 10.1 Å². The summed E-state index contributed by atoms with van der Waals surface area (Å²) in [6.45, 7) is -0.496. The van der Waals surface area contributed by atoms with Crippen LogP contribution in [0.4, 0.5) is 0 Å². The highest BCUT2D eigenvalue weighted by molar-refractivity contribution is 6.30.